The number of sulfone groups is 1. The van der Waals surface area contributed by atoms with Crippen LogP contribution in [-0.2, 0) is 19.4 Å². The van der Waals surface area contributed by atoms with E-state index in [-0.39, 0.29) is 41.9 Å². The van der Waals surface area contributed by atoms with Crippen molar-refractivity contribution in [2.75, 3.05) is 18.1 Å². The molecule has 8 nitrogen and oxygen atoms in total. The predicted octanol–water partition coefficient (Wildman–Crippen LogP) is 1.40. The van der Waals surface area contributed by atoms with Gasteiger partial charge in [0.1, 0.15) is 17.4 Å². The SMILES string of the molecule is Cc1ccc2c(c1)C(=O)C[C@]1(CCC(=O)N([C@@H](C)C(=O)N[C@@H]3CCS(=O)(=O)C3)CC1)O2. The zero-order chi connectivity index (χ0) is 22.4. The third kappa shape index (κ3) is 4.46. The van der Waals surface area contributed by atoms with E-state index >= 15 is 0 Å². The van der Waals surface area contributed by atoms with Crippen LogP contribution in [0.1, 0.15) is 54.9 Å². The van der Waals surface area contributed by atoms with Crippen LogP contribution in [0, 0.1) is 6.92 Å². The summed E-state index contributed by atoms with van der Waals surface area (Å²) < 4.78 is 29.5. The molecule has 31 heavy (non-hydrogen) atoms. The van der Waals surface area contributed by atoms with Crippen molar-refractivity contribution in [1.29, 1.82) is 0 Å². The lowest BCUT2D eigenvalue weighted by atomic mass is 9.84. The first-order valence-electron chi connectivity index (χ1n) is 10.7. The lowest BCUT2D eigenvalue weighted by Crippen LogP contribution is -2.51. The second-order valence-corrected chi connectivity index (χ2v) is 11.2. The summed E-state index contributed by atoms with van der Waals surface area (Å²) in [4.78, 5) is 39.8. The molecule has 0 aromatic heterocycles. The van der Waals surface area contributed by atoms with Gasteiger partial charge in [-0.3, -0.25) is 14.4 Å². The summed E-state index contributed by atoms with van der Waals surface area (Å²) in [6.07, 6.45) is 1.66. The molecule has 1 aromatic carbocycles. The number of nitrogens with one attached hydrogen (secondary N) is 1. The molecule has 0 radical (unpaired) electrons. The number of ketones is 1. The highest BCUT2D eigenvalue weighted by Crippen LogP contribution is 2.40. The van der Waals surface area contributed by atoms with Crippen molar-refractivity contribution >= 4 is 27.4 Å². The van der Waals surface area contributed by atoms with E-state index in [1.807, 2.05) is 19.1 Å². The Bertz CT molecular complexity index is 1040. The molecular formula is C22H28N2O6S. The van der Waals surface area contributed by atoms with E-state index in [1.165, 1.54) is 4.90 Å². The van der Waals surface area contributed by atoms with Crippen LogP contribution in [-0.4, -0.2) is 66.7 Å². The average Bonchev–Trinajstić information content (AvgIpc) is 2.96. The Kier molecular flexibility index (Phi) is 5.57. The van der Waals surface area contributed by atoms with Gasteiger partial charge in [0.15, 0.2) is 15.6 Å². The van der Waals surface area contributed by atoms with Gasteiger partial charge in [-0.15, -0.1) is 0 Å². The van der Waals surface area contributed by atoms with Crippen molar-refractivity contribution in [3.8, 4) is 5.75 Å². The summed E-state index contributed by atoms with van der Waals surface area (Å²) in [5.41, 5.74) is 0.820. The molecule has 0 unspecified atom stereocenters. The van der Waals surface area contributed by atoms with Crippen LogP contribution in [0.5, 0.6) is 5.75 Å². The molecular weight excluding hydrogens is 420 g/mol. The molecule has 1 N–H and O–H groups in total. The zero-order valence-corrected chi connectivity index (χ0v) is 18.7. The minimum Gasteiger partial charge on any atom is -0.486 e. The van der Waals surface area contributed by atoms with Gasteiger partial charge in [0.05, 0.1) is 23.5 Å². The van der Waals surface area contributed by atoms with Crippen molar-refractivity contribution in [3.05, 3.63) is 29.3 Å². The fourth-order valence-corrected chi connectivity index (χ4v) is 6.39. The van der Waals surface area contributed by atoms with Gasteiger partial charge in [-0.25, -0.2) is 8.42 Å². The molecule has 0 saturated carbocycles. The molecule has 0 aliphatic carbocycles. The quantitative estimate of drug-likeness (QED) is 0.749. The number of likely N-dealkylation sites (tertiary alicyclic amines) is 1. The van der Waals surface area contributed by atoms with Crippen LogP contribution in [0.3, 0.4) is 0 Å². The molecule has 2 amide bonds. The van der Waals surface area contributed by atoms with E-state index in [0.29, 0.717) is 37.1 Å². The van der Waals surface area contributed by atoms with E-state index in [2.05, 4.69) is 5.32 Å². The molecule has 3 aliphatic rings. The highest BCUT2D eigenvalue weighted by Gasteiger charge is 2.44. The van der Waals surface area contributed by atoms with Gasteiger partial charge in [-0.2, -0.15) is 0 Å². The Hall–Kier alpha value is -2.42. The number of carbonyl (C=O) groups is 3. The fraction of sp³-hybridized carbons (Fsp3) is 0.591. The Morgan fingerprint density at radius 2 is 2.06 bits per heavy atom. The second-order valence-electron chi connectivity index (χ2n) is 9.01. The molecule has 1 aromatic rings. The molecule has 4 rings (SSSR count). The highest BCUT2D eigenvalue weighted by molar-refractivity contribution is 7.91. The van der Waals surface area contributed by atoms with Crippen molar-refractivity contribution in [2.24, 2.45) is 0 Å². The standard InChI is InChI=1S/C22H28N2O6S/c1-14-3-4-19-17(11-14)18(25)12-22(30-19)7-5-20(26)24(9-8-22)15(2)21(27)23-16-6-10-31(28,29)13-16/h3-4,11,15-16H,5-10,12-13H2,1-2H3,(H,23,27)/t15-,16+,22+/m0/s1. The van der Waals surface area contributed by atoms with E-state index in [0.717, 1.165) is 5.56 Å². The summed E-state index contributed by atoms with van der Waals surface area (Å²) in [6, 6.07) is 4.40. The average molecular weight is 449 g/mol. The molecule has 3 aliphatic heterocycles. The normalized spacial score (nSPS) is 28.6. The van der Waals surface area contributed by atoms with Crippen molar-refractivity contribution in [3.63, 3.8) is 0 Å². The van der Waals surface area contributed by atoms with Gasteiger partial charge < -0.3 is 15.0 Å². The van der Waals surface area contributed by atoms with Gasteiger partial charge in [-0.1, -0.05) is 11.6 Å². The van der Waals surface area contributed by atoms with Gasteiger partial charge in [0, 0.05) is 25.4 Å². The number of hydrogen-bond donors (Lipinski definition) is 1. The molecule has 1 spiro atoms. The number of rotatable bonds is 3. The van der Waals surface area contributed by atoms with Crippen LogP contribution in [0.4, 0.5) is 0 Å². The fourth-order valence-electron chi connectivity index (χ4n) is 4.72. The van der Waals surface area contributed by atoms with Crippen molar-refractivity contribution in [1.82, 2.24) is 10.2 Å². The first kappa shape index (κ1) is 21.8. The monoisotopic (exact) mass is 448 g/mol. The maximum absolute atomic E-state index is 12.8. The van der Waals surface area contributed by atoms with Crippen molar-refractivity contribution < 1.29 is 27.5 Å². The summed E-state index contributed by atoms with van der Waals surface area (Å²) in [5, 5.41) is 2.77. The lowest BCUT2D eigenvalue weighted by Gasteiger charge is -2.37. The number of amides is 2. The number of carbonyl (C=O) groups excluding carboxylic acids is 3. The largest absolute Gasteiger partial charge is 0.486 e. The third-order valence-electron chi connectivity index (χ3n) is 6.59. The van der Waals surface area contributed by atoms with Crippen LogP contribution >= 0.6 is 0 Å². The Labute approximate surface area is 182 Å². The Balaban J connectivity index is 1.45. The Morgan fingerprint density at radius 3 is 2.77 bits per heavy atom. The predicted molar refractivity (Wildman–Crippen MR) is 114 cm³/mol. The van der Waals surface area contributed by atoms with Gasteiger partial charge in [-0.05, 0) is 38.8 Å². The van der Waals surface area contributed by atoms with E-state index in [1.54, 1.807) is 13.0 Å². The number of aryl methyl sites for hydroxylation is 1. The van der Waals surface area contributed by atoms with Gasteiger partial charge in [0.2, 0.25) is 11.8 Å². The van der Waals surface area contributed by atoms with Crippen LogP contribution in [0.2, 0.25) is 0 Å². The maximum Gasteiger partial charge on any atom is 0.242 e. The van der Waals surface area contributed by atoms with E-state index < -0.39 is 27.5 Å². The maximum atomic E-state index is 12.8. The number of Topliss-reactive ketones (excluding diaryl/α,β-unsaturated/α-hetero) is 1. The molecule has 9 heteroatoms. The van der Waals surface area contributed by atoms with Crippen LogP contribution in [0.15, 0.2) is 18.2 Å². The van der Waals surface area contributed by atoms with Gasteiger partial charge in [0.25, 0.3) is 0 Å². The third-order valence-corrected chi connectivity index (χ3v) is 8.36. The van der Waals surface area contributed by atoms with E-state index in [4.69, 9.17) is 4.74 Å². The summed E-state index contributed by atoms with van der Waals surface area (Å²) >= 11 is 0. The van der Waals surface area contributed by atoms with Crippen LogP contribution < -0.4 is 10.1 Å². The van der Waals surface area contributed by atoms with Gasteiger partial charge >= 0.3 is 0 Å². The minimum atomic E-state index is -3.10. The molecule has 3 atom stereocenters. The first-order valence-corrected chi connectivity index (χ1v) is 12.5. The smallest absolute Gasteiger partial charge is 0.242 e. The second kappa shape index (κ2) is 7.93. The Morgan fingerprint density at radius 1 is 1.29 bits per heavy atom. The number of nitrogens with zero attached hydrogens (tertiary/aromatic N) is 1. The summed E-state index contributed by atoms with van der Waals surface area (Å²) in [5.74, 6) is 0.0635. The minimum absolute atomic E-state index is 0.0130. The topological polar surface area (TPSA) is 110 Å². The summed E-state index contributed by atoms with van der Waals surface area (Å²) in [6.45, 7) is 3.87. The number of hydrogen-bond acceptors (Lipinski definition) is 6. The molecule has 0 bridgehead atoms. The number of ether oxygens (including phenoxy) is 1. The van der Waals surface area contributed by atoms with Crippen molar-refractivity contribution in [2.45, 2.75) is 63.6 Å². The first-order chi connectivity index (χ1) is 14.6. The molecule has 2 saturated heterocycles. The zero-order valence-electron chi connectivity index (χ0n) is 17.8. The molecule has 3 heterocycles. The highest BCUT2D eigenvalue weighted by atomic mass is 32.2. The molecule has 168 valence electrons. The number of fused-ring (bicyclic) bond motifs is 1. The number of benzene rings is 1. The molecule has 2 fully saturated rings. The van der Waals surface area contributed by atoms with E-state index in [9.17, 15) is 22.8 Å². The lowest BCUT2D eigenvalue weighted by molar-refractivity contribution is -0.139. The summed E-state index contributed by atoms with van der Waals surface area (Å²) in [7, 11) is -3.10. The van der Waals surface area contributed by atoms with Crippen LogP contribution in [0.25, 0.3) is 0 Å².